The van der Waals surface area contributed by atoms with Crippen LogP contribution < -0.4 is 10.2 Å². The largest absolute Gasteiger partial charge is 0.369 e. The lowest BCUT2D eigenvalue weighted by molar-refractivity contribution is 0.248. The number of fused-ring (bicyclic) bond motifs is 1. The van der Waals surface area contributed by atoms with Gasteiger partial charge < -0.3 is 10.2 Å². The van der Waals surface area contributed by atoms with Crippen molar-refractivity contribution < 1.29 is 8.42 Å². The first-order chi connectivity index (χ1) is 25.7. The first kappa shape index (κ1) is 36.9. The standard InChI is InChI=1S/C43H47ClN6O2S/c1-33(36-10-5-3-6-11-36)45-31-35-16-14-34(15-17-35)18-19-37-30-38(20-21-41(37)44)43-40-32-49(53(2,51)52)25-22-42(40)50(46-43)24-9-23-47-26-28-48(29-27-47)39-12-7-4-8-13-39/h3-8,10-17,20-21,30,33,45H,9,22-29,31-32H2,1-2H3. The molecule has 7 rings (SSSR count). The maximum absolute atomic E-state index is 12.6. The van der Waals surface area contributed by atoms with Gasteiger partial charge in [0, 0.05) is 105 Å². The second-order valence-electron chi connectivity index (χ2n) is 14.0. The number of para-hydroxylation sites is 1. The molecule has 10 heteroatoms. The number of benzene rings is 4. The van der Waals surface area contributed by atoms with Gasteiger partial charge in [0.15, 0.2) is 0 Å². The summed E-state index contributed by atoms with van der Waals surface area (Å²) >= 11 is 6.68. The lowest BCUT2D eigenvalue weighted by atomic mass is 10.0. The van der Waals surface area contributed by atoms with Gasteiger partial charge in [0.25, 0.3) is 0 Å². The maximum atomic E-state index is 12.6. The maximum Gasteiger partial charge on any atom is 0.211 e. The summed E-state index contributed by atoms with van der Waals surface area (Å²) < 4.78 is 28.9. The highest BCUT2D eigenvalue weighted by Crippen LogP contribution is 2.33. The number of nitrogens with zero attached hydrogens (tertiary/aromatic N) is 5. The highest BCUT2D eigenvalue weighted by molar-refractivity contribution is 7.88. The van der Waals surface area contributed by atoms with Crippen LogP contribution in [-0.4, -0.2) is 72.9 Å². The van der Waals surface area contributed by atoms with Gasteiger partial charge in [-0.2, -0.15) is 9.40 Å². The molecule has 0 radical (unpaired) electrons. The minimum atomic E-state index is -3.35. The van der Waals surface area contributed by atoms with Crippen molar-refractivity contribution >= 4 is 27.3 Å². The van der Waals surface area contributed by atoms with Gasteiger partial charge in [-0.1, -0.05) is 90.2 Å². The lowest BCUT2D eigenvalue weighted by Crippen LogP contribution is -2.46. The summed E-state index contributed by atoms with van der Waals surface area (Å²) in [4.78, 5) is 4.98. The van der Waals surface area contributed by atoms with Crippen LogP contribution in [0, 0.1) is 11.8 Å². The first-order valence-electron chi connectivity index (χ1n) is 18.5. The minimum Gasteiger partial charge on any atom is -0.369 e. The number of hydrogen-bond acceptors (Lipinski definition) is 6. The van der Waals surface area contributed by atoms with E-state index in [0.717, 1.165) is 80.3 Å². The first-order valence-corrected chi connectivity index (χ1v) is 20.7. The number of rotatable bonds is 11. The van der Waals surface area contributed by atoms with E-state index in [-0.39, 0.29) is 6.04 Å². The highest BCUT2D eigenvalue weighted by atomic mass is 35.5. The molecule has 53 heavy (non-hydrogen) atoms. The monoisotopic (exact) mass is 746 g/mol. The van der Waals surface area contributed by atoms with Crippen LogP contribution in [0.3, 0.4) is 0 Å². The summed E-state index contributed by atoms with van der Waals surface area (Å²) in [5.41, 5.74) is 9.11. The van der Waals surface area contributed by atoms with Crippen LogP contribution in [0.1, 0.15) is 52.9 Å². The van der Waals surface area contributed by atoms with Crippen molar-refractivity contribution in [1.29, 1.82) is 0 Å². The fourth-order valence-electron chi connectivity index (χ4n) is 7.22. The van der Waals surface area contributed by atoms with Gasteiger partial charge in [-0.3, -0.25) is 9.58 Å². The smallest absolute Gasteiger partial charge is 0.211 e. The lowest BCUT2D eigenvalue weighted by Gasteiger charge is -2.36. The molecule has 8 nitrogen and oxygen atoms in total. The number of anilines is 1. The van der Waals surface area contributed by atoms with E-state index in [1.165, 1.54) is 23.1 Å². The van der Waals surface area contributed by atoms with Gasteiger partial charge in [-0.05, 0) is 60.9 Å². The molecule has 1 fully saturated rings. The number of nitrogens with one attached hydrogen (secondary N) is 1. The van der Waals surface area contributed by atoms with E-state index in [2.05, 4.69) is 105 Å². The number of halogens is 1. The Kier molecular flexibility index (Phi) is 11.6. The van der Waals surface area contributed by atoms with Crippen LogP contribution in [0.4, 0.5) is 5.69 Å². The van der Waals surface area contributed by atoms with Crippen molar-refractivity contribution in [2.75, 3.05) is 50.4 Å². The van der Waals surface area contributed by atoms with Crippen molar-refractivity contribution in [3.63, 3.8) is 0 Å². The summed E-state index contributed by atoms with van der Waals surface area (Å²) in [7, 11) is -3.35. The van der Waals surface area contributed by atoms with Crippen LogP contribution in [0.25, 0.3) is 11.3 Å². The molecule has 5 aromatic rings. The van der Waals surface area contributed by atoms with Crippen molar-refractivity contribution in [1.82, 2.24) is 24.3 Å². The summed E-state index contributed by atoms with van der Waals surface area (Å²) in [6.07, 6.45) is 2.87. The Balaban J connectivity index is 1.04. The van der Waals surface area contributed by atoms with Gasteiger partial charge in [0.05, 0.1) is 17.0 Å². The number of aryl methyl sites for hydroxylation is 1. The zero-order valence-corrected chi connectivity index (χ0v) is 32.1. The fraction of sp³-hybridized carbons (Fsp3) is 0.326. The predicted octanol–water partition coefficient (Wildman–Crippen LogP) is 6.98. The molecule has 2 aliphatic heterocycles. The fourth-order valence-corrected chi connectivity index (χ4v) is 8.17. The molecule has 0 bridgehead atoms. The van der Waals surface area contributed by atoms with Gasteiger partial charge >= 0.3 is 0 Å². The normalized spacial score (nSPS) is 15.8. The molecule has 1 unspecified atom stereocenters. The Bertz CT molecular complexity index is 2170. The zero-order valence-electron chi connectivity index (χ0n) is 30.5. The third-order valence-electron chi connectivity index (χ3n) is 10.4. The van der Waals surface area contributed by atoms with E-state index >= 15 is 0 Å². The Morgan fingerprint density at radius 3 is 2.28 bits per heavy atom. The number of aromatic nitrogens is 2. The molecule has 0 spiro atoms. The molecular weight excluding hydrogens is 700 g/mol. The molecular formula is C43H47ClN6O2S. The average molecular weight is 747 g/mol. The Morgan fingerprint density at radius 1 is 0.849 bits per heavy atom. The van der Waals surface area contributed by atoms with Crippen molar-refractivity contribution in [3.8, 4) is 23.1 Å². The predicted molar refractivity (Wildman–Crippen MR) is 215 cm³/mol. The SMILES string of the molecule is CC(NCc1ccc(C#Cc2cc(-c3nn(CCCN4CCN(c5ccccc5)CC4)c4c3CN(S(C)(=O)=O)CC4)ccc2Cl)cc1)c1ccccc1. The van der Waals surface area contributed by atoms with Gasteiger partial charge in [0.1, 0.15) is 0 Å². The number of sulfonamides is 1. The van der Waals surface area contributed by atoms with Crippen LogP contribution in [-0.2, 0) is 36.1 Å². The Labute approximate surface area is 319 Å². The Morgan fingerprint density at radius 2 is 1.57 bits per heavy atom. The third-order valence-corrected chi connectivity index (χ3v) is 11.9. The van der Waals surface area contributed by atoms with Crippen molar-refractivity contribution in [2.24, 2.45) is 0 Å². The summed E-state index contributed by atoms with van der Waals surface area (Å²) in [6, 6.07) is 35.4. The van der Waals surface area contributed by atoms with E-state index in [1.54, 1.807) is 4.31 Å². The zero-order chi connectivity index (χ0) is 36.8. The second-order valence-corrected chi connectivity index (χ2v) is 16.4. The molecule has 0 amide bonds. The van der Waals surface area contributed by atoms with Gasteiger partial charge in [0.2, 0.25) is 10.0 Å². The molecule has 1 saturated heterocycles. The minimum absolute atomic E-state index is 0.253. The third kappa shape index (κ3) is 9.21. The van der Waals surface area contributed by atoms with E-state index in [1.807, 2.05) is 36.4 Å². The second kappa shape index (κ2) is 16.7. The summed E-state index contributed by atoms with van der Waals surface area (Å²) in [5.74, 6) is 6.58. The Hall–Kier alpha value is -4.43. The van der Waals surface area contributed by atoms with Crippen molar-refractivity contribution in [2.45, 2.75) is 45.4 Å². The molecule has 0 saturated carbocycles. The van der Waals surface area contributed by atoms with Crippen LogP contribution in [0.2, 0.25) is 5.02 Å². The van der Waals surface area contributed by atoms with E-state index in [0.29, 0.717) is 30.1 Å². The van der Waals surface area contributed by atoms with Crippen LogP contribution in [0.15, 0.2) is 103 Å². The van der Waals surface area contributed by atoms with Crippen LogP contribution in [0.5, 0.6) is 0 Å². The topological polar surface area (TPSA) is 73.7 Å². The molecule has 4 aromatic carbocycles. The highest BCUT2D eigenvalue weighted by Gasteiger charge is 2.30. The number of piperazine rings is 1. The molecule has 274 valence electrons. The summed E-state index contributed by atoms with van der Waals surface area (Å²) in [5, 5.41) is 9.28. The van der Waals surface area contributed by atoms with Gasteiger partial charge in [-0.15, -0.1) is 0 Å². The summed E-state index contributed by atoms with van der Waals surface area (Å²) in [6.45, 7) is 9.57. The molecule has 1 atom stereocenters. The molecule has 2 aliphatic rings. The van der Waals surface area contributed by atoms with E-state index in [4.69, 9.17) is 16.7 Å². The number of hydrogen-bond donors (Lipinski definition) is 1. The molecule has 3 heterocycles. The van der Waals surface area contributed by atoms with E-state index in [9.17, 15) is 8.42 Å². The van der Waals surface area contributed by atoms with Crippen molar-refractivity contribution in [3.05, 3.63) is 142 Å². The van der Waals surface area contributed by atoms with E-state index < -0.39 is 10.0 Å². The molecule has 1 aromatic heterocycles. The quantitative estimate of drug-likeness (QED) is 0.147. The average Bonchev–Trinajstić information content (AvgIpc) is 3.55. The molecule has 0 aliphatic carbocycles. The van der Waals surface area contributed by atoms with Crippen LogP contribution >= 0.6 is 11.6 Å². The van der Waals surface area contributed by atoms with Gasteiger partial charge in [-0.25, -0.2) is 8.42 Å². The molecule has 1 N–H and O–H groups in total.